The van der Waals surface area contributed by atoms with Gasteiger partial charge in [-0.05, 0) is 0 Å². The number of rotatable bonds is 4. The average molecular weight is 750 g/mol. The van der Waals surface area contributed by atoms with E-state index in [1.54, 1.807) is 0 Å². The van der Waals surface area contributed by atoms with Crippen molar-refractivity contribution >= 4 is 72.4 Å². The Morgan fingerprint density at radius 2 is 0.712 bits per heavy atom. The van der Waals surface area contributed by atoms with Gasteiger partial charge in [0.1, 0.15) is 0 Å². The summed E-state index contributed by atoms with van der Waals surface area (Å²) in [7, 11) is 0. The Morgan fingerprint density at radius 1 is 0.365 bits per heavy atom. The monoisotopic (exact) mass is 748 g/mol. The summed E-state index contributed by atoms with van der Waals surface area (Å²) in [5, 5.41) is 1.50. The van der Waals surface area contributed by atoms with Crippen LogP contribution >= 0.6 is 38.7 Å². The maximum atomic E-state index is 8.26. The molecule has 52 heavy (non-hydrogen) atoms. The number of aromatic nitrogens is 2. The molecule has 250 valence electrons. The van der Waals surface area contributed by atoms with Crippen LogP contribution in [0.2, 0.25) is 0 Å². The van der Waals surface area contributed by atoms with E-state index in [0.717, 1.165) is 89.4 Å². The van der Waals surface area contributed by atoms with E-state index in [1.807, 2.05) is 81.5 Å². The first kappa shape index (κ1) is 31.5. The number of hydrogen-bond acceptors (Lipinski definition) is 2. The molecule has 0 fully saturated rings. The minimum absolute atomic E-state index is 0.749. The van der Waals surface area contributed by atoms with Crippen LogP contribution in [0, 0.1) is 0 Å². The molecule has 6 bridgehead atoms. The summed E-state index contributed by atoms with van der Waals surface area (Å²) in [6.45, 7) is 0. The molecule has 0 saturated carbocycles. The van der Waals surface area contributed by atoms with Gasteiger partial charge in [-0.3, -0.25) is 0 Å². The van der Waals surface area contributed by atoms with Crippen LogP contribution < -0.4 is 10.7 Å². The van der Waals surface area contributed by atoms with Crippen LogP contribution in [-0.2, 0) is 0 Å². The summed E-state index contributed by atoms with van der Waals surface area (Å²) in [5.41, 5.74) is 12.0. The number of halogens is 3. The molecule has 4 aliphatic rings. The Morgan fingerprint density at radius 3 is 1.08 bits per heavy atom. The van der Waals surface area contributed by atoms with Crippen LogP contribution in [0.1, 0.15) is 33.6 Å². The summed E-state index contributed by atoms with van der Waals surface area (Å²) < 4.78 is 3.97. The van der Waals surface area contributed by atoms with Crippen LogP contribution in [0.3, 0.4) is 0 Å². The van der Waals surface area contributed by atoms with Crippen molar-refractivity contribution in [1.82, 2.24) is 8.68 Å². The summed E-state index contributed by atoms with van der Waals surface area (Å²) in [6.07, 6.45) is 8.31. The molecule has 0 saturated heterocycles. The Bertz CT molecular complexity index is 2620. The van der Waals surface area contributed by atoms with Crippen molar-refractivity contribution < 1.29 is 0 Å². The van der Waals surface area contributed by atoms with Gasteiger partial charge in [0.05, 0.1) is 0 Å². The van der Waals surface area contributed by atoms with Crippen LogP contribution in [0.15, 0.2) is 191 Å². The van der Waals surface area contributed by atoms with E-state index >= 15 is 0 Å². The predicted molar refractivity (Wildman–Crippen MR) is 219 cm³/mol. The normalized spacial score (nSPS) is 18.6. The molecule has 10 rings (SSSR count). The topological polar surface area (TPSA) is 34.6 Å². The van der Waals surface area contributed by atoms with Gasteiger partial charge in [-0.2, -0.15) is 0 Å². The van der Waals surface area contributed by atoms with Gasteiger partial charge in [0.2, 0.25) is 0 Å². The Hall–Kier alpha value is -5.22. The molecule has 4 aromatic carbocycles. The molecule has 6 aromatic rings. The molecule has 0 amide bonds. The molecule has 0 N–H and O–H groups in total. The SMILES string of the molecule is ClP1(Cl)(Cl)n2c3ccc2C(c2ccccc2)=C2C=CC(=N2)C(c2ccccc2)=c2ccc(n21)=C(c1ccccc1)C1=NC(=C3c2ccccc2)C=C1. The standard InChI is InChI=1S/C44H28Cl3N4P/c45-52(46,47)50-37-25-26-38(50)43(31-17-9-3-10-18-31)35-23-24-36(49-35)44(32-19-11-4-12-20-32)40-28-27-39(51(40)52)42(30-15-7-2-8-16-30)34-22-21-33(48-34)41(37)29-13-5-1-6-14-29/h1-28H. The third-order valence-corrected chi connectivity index (χ3v) is 14.8. The van der Waals surface area contributed by atoms with Crippen LogP contribution in [0.5, 0.6) is 0 Å². The fraction of sp³-hybridized carbons (Fsp3) is 0. The maximum absolute atomic E-state index is 8.26. The van der Waals surface area contributed by atoms with Gasteiger partial charge in [-0.1, -0.05) is 0 Å². The quantitative estimate of drug-likeness (QED) is 0.161. The number of allylic oxidation sites excluding steroid dienone is 4. The summed E-state index contributed by atoms with van der Waals surface area (Å²) in [6, 6.07) is 49.2. The van der Waals surface area contributed by atoms with E-state index in [9.17, 15) is 0 Å². The van der Waals surface area contributed by atoms with Gasteiger partial charge in [0.25, 0.3) is 0 Å². The molecule has 0 atom stereocenters. The molecule has 0 radical (unpaired) electrons. The third-order valence-electron chi connectivity index (χ3n) is 9.92. The predicted octanol–water partition coefficient (Wildman–Crippen LogP) is 10.5. The fourth-order valence-corrected chi connectivity index (χ4v) is 12.9. The number of hydrogen-bond donors (Lipinski definition) is 0. The van der Waals surface area contributed by atoms with Crippen molar-refractivity contribution in [3.63, 3.8) is 0 Å². The summed E-state index contributed by atoms with van der Waals surface area (Å²) in [5.74, 6) is 0. The van der Waals surface area contributed by atoms with E-state index in [1.165, 1.54) is 0 Å². The first-order chi connectivity index (χ1) is 25.4. The second kappa shape index (κ2) is 11.6. The molecule has 8 heteroatoms. The molecular formula is C44H28Cl3N4P. The summed E-state index contributed by atoms with van der Waals surface area (Å²) in [4.78, 5) is 5.87. The zero-order valence-corrected chi connectivity index (χ0v) is 30.7. The number of fused-ring (bicyclic) bond motifs is 2. The first-order valence-corrected chi connectivity index (χ1v) is 21.8. The van der Waals surface area contributed by atoms with Crippen molar-refractivity contribution in [2.75, 3.05) is 0 Å². The minimum atomic E-state index is -4.90. The van der Waals surface area contributed by atoms with Crippen LogP contribution in [0.25, 0.3) is 22.3 Å². The Labute approximate surface area is 315 Å². The summed E-state index contributed by atoms with van der Waals surface area (Å²) >= 11 is 24.8. The number of aliphatic imine (C=N–C) groups is 2. The zero-order valence-electron chi connectivity index (χ0n) is 27.5. The van der Waals surface area contributed by atoms with E-state index in [4.69, 9.17) is 43.7 Å². The van der Waals surface area contributed by atoms with Gasteiger partial charge < -0.3 is 0 Å². The first-order valence-electron chi connectivity index (χ1n) is 17.0. The zero-order chi connectivity index (χ0) is 35.1. The van der Waals surface area contributed by atoms with Crippen LogP contribution in [-0.4, -0.2) is 20.1 Å². The van der Waals surface area contributed by atoms with Crippen molar-refractivity contribution in [2.24, 2.45) is 9.98 Å². The average Bonchev–Trinajstić information content (AvgIpc) is 4.00. The Balaban J connectivity index is 1.51. The van der Waals surface area contributed by atoms with Crippen molar-refractivity contribution in [3.8, 4) is 0 Å². The van der Waals surface area contributed by atoms with Gasteiger partial charge in [-0.25, -0.2) is 0 Å². The molecule has 4 aliphatic heterocycles. The van der Waals surface area contributed by atoms with E-state index in [0.29, 0.717) is 0 Å². The van der Waals surface area contributed by atoms with E-state index in [2.05, 4.69) is 97.1 Å². The third kappa shape index (κ3) is 4.72. The van der Waals surface area contributed by atoms with Crippen molar-refractivity contribution in [1.29, 1.82) is 0 Å². The fourth-order valence-electron chi connectivity index (χ4n) is 7.79. The van der Waals surface area contributed by atoms with Crippen molar-refractivity contribution in [3.05, 3.63) is 226 Å². The van der Waals surface area contributed by atoms with Gasteiger partial charge in [0, 0.05) is 0 Å². The van der Waals surface area contributed by atoms with Gasteiger partial charge >= 0.3 is 317 Å². The second-order valence-corrected chi connectivity index (χ2v) is 22.6. The molecule has 4 nitrogen and oxygen atoms in total. The molecule has 0 spiro atoms. The molecule has 0 unspecified atom stereocenters. The number of nitrogens with zero attached hydrogens (tertiary/aromatic N) is 4. The molecular weight excluding hydrogens is 722 g/mol. The van der Waals surface area contributed by atoms with Crippen molar-refractivity contribution in [2.45, 2.75) is 0 Å². The van der Waals surface area contributed by atoms with Crippen LogP contribution in [0.4, 0.5) is 0 Å². The Kier molecular flexibility index (Phi) is 7.06. The van der Waals surface area contributed by atoms with Gasteiger partial charge in [-0.15, -0.1) is 0 Å². The molecule has 0 aliphatic carbocycles. The van der Waals surface area contributed by atoms with Gasteiger partial charge in [0.15, 0.2) is 0 Å². The molecule has 2 aromatic heterocycles. The second-order valence-electron chi connectivity index (χ2n) is 13.0. The van der Waals surface area contributed by atoms with E-state index < -0.39 is 4.96 Å². The molecule has 6 heterocycles. The number of benzene rings is 4. The van der Waals surface area contributed by atoms with E-state index in [-0.39, 0.29) is 0 Å².